The van der Waals surface area contributed by atoms with Crippen LogP contribution in [0.15, 0.2) is 29.2 Å². The lowest BCUT2D eigenvalue weighted by molar-refractivity contribution is -0.127. The molecule has 5 nitrogen and oxygen atoms in total. The normalized spacial score (nSPS) is 21.1. The van der Waals surface area contributed by atoms with Crippen LogP contribution in [0.3, 0.4) is 0 Å². The maximum Gasteiger partial charge on any atom is 0.393 e. The standard InChI is InChI=1S/C15H21F3N2O3S.ClH/c1-23-11-14(7-2-8-19-14)10-20-24(21,22)13-5-3-12(4-6-13)9-15(16,17)18;/h3-6,19-20H,2,7-11H2,1H3;1H. The largest absolute Gasteiger partial charge is 0.393 e. The first-order valence-electron chi connectivity index (χ1n) is 7.55. The highest BCUT2D eigenvalue weighted by atomic mass is 35.5. The van der Waals surface area contributed by atoms with Crippen molar-refractivity contribution < 1.29 is 26.3 Å². The van der Waals surface area contributed by atoms with Crippen LogP contribution in [-0.4, -0.2) is 46.9 Å². The van der Waals surface area contributed by atoms with E-state index in [9.17, 15) is 21.6 Å². The lowest BCUT2D eigenvalue weighted by Crippen LogP contribution is -2.52. The summed E-state index contributed by atoms with van der Waals surface area (Å²) >= 11 is 0. The van der Waals surface area contributed by atoms with Crippen LogP contribution < -0.4 is 10.0 Å². The molecule has 144 valence electrons. The summed E-state index contributed by atoms with van der Waals surface area (Å²) in [4.78, 5) is -0.0565. The van der Waals surface area contributed by atoms with Gasteiger partial charge in [0.2, 0.25) is 10.0 Å². The average Bonchev–Trinajstić information content (AvgIpc) is 2.94. The molecule has 0 aromatic heterocycles. The van der Waals surface area contributed by atoms with E-state index in [1.165, 1.54) is 24.3 Å². The van der Waals surface area contributed by atoms with Gasteiger partial charge < -0.3 is 10.1 Å². The Morgan fingerprint density at radius 1 is 1.28 bits per heavy atom. The van der Waals surface area contributed by atoms with E-state index in [1.807, 2.05) is 0 Å². The zero-order valence-corrected chi connectivity index (χ0v) is 15.4. The molecular formula is C15H22ClF3N2O3S. The molecule has 2 N–H and O–H groups in total. The first-order chi connectivity index (χ1) is 11.2. The van der Waals surface area contributed by atoms with E-state index in [-0.39, 0.29) is 29.4 Å². The third kappa shape index (κ3) is 6.41. The molecule has 25 heavy (non-hydrogen) atoms. The minimum Gasteiger partial charge on any atom is -0.383 e. The first kappa shape index (κ1) is 22.2. The molecule has 0 saturated carbocycles. The number of methoxy groups -OCH3 is 1. The molecule has 1 heterocycles. The van der Waals surface area contributed by atoms with Gasteiger partial charge in [-0.25, -0.2) is 13.1 Å². The van der Waals surface area contributed by atoms with Gasteiger partial charge in [-0.2, -0.15) is 13.2 Å². The molecule has 0 aliphatic carbocycles. The zero-order chi connectivity index (χ0) is 17.8. The Labute approximate surface area is 151 Å². The maximum absolute atomic E-state index is 12.3. The lowest BCUT2D eigenvalue weighted by atomic mass is 9.99. The third-order valence-electron chi connectivity index (χ3n) is 3.99. The predicted octanol–water partition coefficient (Wildman–Crippen LogP) is 2.26. The predicted molar refractivity (Wildman–Crippen MR) is 90.5 cm³/mol. The number of alkyl halides is 3. The molecule has 1 aromatic carbocycles. The fraction of sp³-hybridized carbons (Fsp3) is 0.600. The molecule has 1 fully saturated rings. The van der Waals surface area contributed by atoms with Gasteiger partial charge >= 0.3 is 6.18 Å². The van der Waals surface area contributed by atoms with Gasteiger partial charge in [0.25, 0.3) is 0 Å². The minimum absolute atomic E-state index is 0. The second-order valence-electron chi connectivity index (χ2n) is 6.00. The van der Waals surface area contributed by atoms with E-state index in [0.717, 1.165) is 19.4 Å². The Morgan fingerprint density at radius 3 is 2.40 bits per heavy atom. The van der Waals surface area contributed by atoms with Crippen LogP contribution >= 0.6 is 12.4 Å². The molecule has 10 heteroatoms. The molecule has 1 aliphatic heterocycles. The van der Waals surface area contributed by atoms with E-state index in [4.69, 9.17) is 4.74 Å². The number of nitrogens with one attached hydrogen (secondary N) is 2. The van der Waals surface area contributed by atoms with Crippen molar-refractivity contribution in [2.75, 3.05) is 26.8 Å². The molecule has 1 aliphatic rings. The van der Waals surface area contributed by atoms with Gasteiger partial charge in [0.1, 0.15) is 0 Å². The van der Waals surface area contributed by atoms with E-state index in [0.29, 0.717) is 6.61 Å². The van der Waals surface area contributed by atoms with Crippen molar-refractivity contribution in [1.82, 2.24) is 10.0 Å². The molecule has 1 unspecified atom stereocenters. The smallest absolute Gasteiger partial charge is 0.383 e. The number of halogens is 4. The highest BCUT2D eigenvalue weighted by molar-refractivity contribution is 7.89. The van der Waals surface area contributed by atoms with Crippen molar-refractivity contribution >= 4 is 22.4 Å². The summed E-state index contributed by atoms with van der Waals surface area (Å²) in [5, 5.41) is 3.25. The highest BCUT2D eigenvalue weighted by Crippen LogP contribution is 2.23. The van der Waals surface area contributed by atoms with E-state index < -0.39 is 28.2 Å². The number of benzene rings is 1. The molecule has 2 rings (SSSR count). The third-order valence-corrected chi connectivity index (χ3v) is 5.41. The Morgan fingerprint density at radius 2 is 1.92 bits per heavy atom. The average molecular weight is 403 g/mol. The molecule has 1 atom stereocenters. The molecule has 0 amide bonds. The summed E-state index contributed by atoms with van der Waals surface area (Å²) < 4.78 is 69.3. The van der Waals surface area contributed by atoms with Crippen molar-refractivity contribution in [2.45, 2.75) is 35.9 Å². The van der Waals surface area contributed by atoms with Crippen molar-refractivity contribution in [3.8, 4) is 0 Å². The molecule has 0 spiro atoms. The summed E-state index contributed by atoms with van der Waals surface area (Å²) in [7, 11) is -2.24. The fourth-order valence-corrected chi connectivity index (χ4v) is 3.93. The zero-order valence-electron chi connectivity index (χ0n) is 13.7. The van der Waals surface area contributed by atoms with Crippen LogP contribution in [-0.2, 0) is 21.2 Å². The number of rotatable bonds is 7. The van der Waals surface area contributed by atoms with Gasteiger partial charge in [0.05, 0.1) is 23.5 Å². The monoisotopic (exact) mass is 402 g/mol. The summed E-state index contributed by atoms with van der Waals surface area (Å²) in [6.45, 7) is 1.32. The maximum atomic E-state index is 12.3. The topological polar surface area (TPSA) is 67.4 Å². The Bertz CT molecular complexity index is 645. The summed E-state index contributed by atoms with van der Waals surface area (Å²) in [6, 6.07) is 4.74. The minimum atomic E-state index is -4.32. The fourth-order valence-electron chi connectivity index (χ4n) is 2.80. The summed E-state index contributed by atoms with van der Waals surface area (Å²) in [5.41, 5.74) is -0.423. The highest BCUT2D eigenvalue weighted by Gasteiger charge is 2.35. The number of hydrogen-bond donors (Lipinski definition) is 2. The van der Waals surface area contributed by atoms with Crippen LogP contribution in [0.1, 0.15) is 18.4 Å². The Kier molecular flexibility index (Phi) is 7.70. The van der Waals surface area contributed by atoms with Crippen LogP contribution in [0.4, 0.5) is 13.2 Å². The second kappa shape index (κ2) is 8.68. The van der Waals surface area contributed by atoms with Crippen molar-refractivity contribution in [1.29, 1.82) is 0 Å². The molecular weight excluding hydrogens is 381 g/mol. The molecule has 0 bridgehead atoms. The van der Waals surface area contributed by atoms with Crippen LogP contribution in [0, 0.1) is 0 Å². The van der Waals surface area contributed by atoms with E-state index >= 15 is 0 Å². The number of sulfonamides is 1. The Balaban J connectivity index is 0.00000312. The van der Waals surface area contributed by atoms with Crippen molar-refractivity contribution in [3.05, 3.63) is 29.8 Å². The van der Waals surface area contributed by atoms with Crippen LogP contribution in [0.25, 0.3) is 0 Å². The van der Waals surface area contributed by atoms with Gasteiger partial charge in [-0.1, -0.05) is 12.1 Å². The SMILES string of the molecule is COCC1(CNS(=O)(=O)c2ccc(CC(F)(F)F)cc2)CCCN1.Cl. The van der Waals surface area contributed by atoms with Crippen LogP contribution in [0.5, 0.6) is 0 Å². The first-order valence-corrected chi connectivity index (χ1v) is 9.03. The second-order valence-corrected chi connectivity index (χ2v) is 7.77. The van der Waals surface area contributed by atoms with Crippen molar-refractivity contribution in [3.63, 3.8) is 0 Å². The van der Waals surface area contributed by atoms with E-state index in [1.54, 1.807) is 7.11 Å². The molecule has 1 saturated heterocycles. The lowest BCUT2D eigenvalue weighted by Gasteiger charge is -2.28. The van der Waals surface area contributed by atoms with Gasteiger partial charge in [0.15, 0.2) is 0 Å². The van der Waals surface area contributed by atoms with Crippen LogP contribution in [0.2, 0.25) is 0 Å². The number of hydrogen-bond acceptors (Lipinski definition) is 4. The quantitative estimate of drug-likeness (QED) is 0.734. The Hall–Kier alpha value is -0.870. The van der Waals surface area contributed by atoms with E-state index in [2.05, 4.69) is 10.0 Å². The van der Waals surface area contributed by atoms with Gasteiger partial charge in [-0.05, 0) is 37.1 Å². The molecule has 0 radical (unpaired) electrons. The summed E-state index contributed by atoms with van der Waals surface area (Å²) in [6.07, 6.45) is -3.69. The van der Waals surface area contributed by atoms with Crippen molar-refractivity contribution in [2.24, 2.45) is 0 Å². The van der Waals surface area contributed by atoms with Gasteiger partial charge in [-0.15, -0.1) is 12.4 Å². The van der Waals surface area contributed by atoms with Gasteiger partial charge in [-0.3, -0.25) is 0 Å². The number of ether oxygens (including phenoxy) is 1. The summed E-state index contributed by atoms with van der Waals surface area (Å²) in [5.74, 6) is 0. The molecule has 1 aromatic rings. The van der Waals surface area contributed by atoms with Gasteiger partial charge in [0, 0.05) is 13.7 Å².